The number of carboxylic acids is 1. The van der Waals surface area contributed by atoms with Crippen molar-refractivity contribution >= 4 is 11.8 Å². The zero-order valence-electron chi connectivity index (χ0n) is 14.0. The van der Waals surface area contributed by atoms with Gasteiger partial charge in [0.1, 0.15) is 0 Å². The number of hydrogen-bond donors (Lipinski definition) is 1. The lowest BCUT2D eigenvalue weighted by Gasteiger charge is -1.89. The van der Waals surface area contributed by atoms with E-state index in [4.69, 9.17) is 5.11 Å². The fourth-order valence-electron chi connectivity index (χ4n) is 1.69. The van der Waals surface area contributed by atoms with Gasteiger partial charge >= 0.3 is 5.97 Å². The minimum Gasteiger partial charge on any atom is -0.481 e. The summed E-state index contributed by atoms with van der Waals surface area (Å²) in [5.74, 6) is -0.624. The van der Waals surface area contributed by atoms with Crippen molar-refractivity contribution in [1.29, 1.82) is 0 Å². The fourth-order valence-corrected chi connectivity index (χ4v) is 1.69. The molecule has 0 heterocycles. The second-order valence-corrected chi connectivity index (χ2v) is 5.04. The van der Waals surface area contributed by atoms with E-state index in [-0.39, 0.29) is 12.2 Å². The Balaban J connectivity index is 3.65. The first-order valence-corrected chi connectivity index (χ1v) is 8.19. The number of rotatable bonds is 13. The van der Waals surface area contributed by atoms with E-state index in [0.29, 0.717) is 12.8 Å². The molecule has 23 heavy (non-hydrogen) atoms. The Morgan fingerprint density at radius 3 is 2.26 bits per heavy atom. The van der Waals surface area contributed by atoms with Crippen molar-refractivity contribution in [2.75, 3.05) is 0 Å². The molecule has 3 nitrogen and oxygen atoms in total. The van der Waals surface area contributed by atoms with Crippen molar-refractivity contribution in [3.05, 3.63) is 60.8 Å². The average Bonchev–Trinajstić information content (AvgIpc) is 2.51. The number of aliphatic carboxylic acids is 1. The van der Waals surface area contributed by atoms with Crippen LogP contribution in [0.4, 0.5) is 0 Å². The molecule has 0 radical (unpaired) electrons. The van der Waals surface area contributed by atoms with Gasteiger partial charge in [-0.05, 0) is 38.2 Å². The molecule has 3 heteroatoms. The highest BCUT2D eigenvalue weighted by molar-refractivity contribution is 5.90. The first-order chi connectivity index (χ1) is 11.2. The van der Waals surface area contributed by atoms with E-state index >= 15 is 0 Å². The normalized spacial score (nSPS) is 12.6. The van der Waals surface area contributed by atoms with Crippen molar-refractivity contribution < 1.29 is 14.7 Å². The van der Waals surface area contributed by atoms with Gasteiger partial charge in [0.25, 0.3) is 0 Å². The Hall–Kier alpha value is -2.16. The number of allylic oxidation sites excluding steroid dienone is 10. The van der Waals surface area contributed by atoms with E-state index in [1.165, 1.54) is 0 Å². The molecular weight excluding hydrogens is 288 g/mol. The largest absolute Gasteiger partial charge is 0.481 e. The smallest absolute Gasteiger partial charge is 0.303 e. The van der Waals surface area contributed by atoms with Gasteiger partial charge in [0.2, 0.25) is 0 Å². The van der Waals surface area contributed by atoms with Crippen LogP contribution in [0.15, 0.2) is 60.8 Å². The summed E-state index contributed by atoms with van der Waals surface area (Å²) in [4.78, 5) is 21.7. The van der Waals surface area contributed by atoms with Gasteiger partial charge in [-0.25, -0.2) is 0 Å². The third-order valence-corrected chi connectivity index (χ3v) is 2.89. The monoisotopic (exact) mass is 316 g/mol. The molecule has 0 aromatic carbocycles. The molecule has 0 atom stereocenters. The standard InChI is InChI=1S/C20H28O3/c1-2-3-13-16-19(21)17-14-11-9-7-5-4-6-8-10-12-15-18-20(22)23/h3-5,8-11,13-14,17H,2,6-7,12,15-16,18H2,1H3,(H,22,23). The van der Waals surface area contributed by atoms with Crippen molar-refractivity contribution in [1.82, 2.24) is 0 Å². The molecule has 0 fully saturated rings. The molecule has 0 bridgehead atoms. The van der Waals surface area contributed by atoms with E-state index in [1.54, 1.807) is 12.2 Å². The number of ketones is 1. The molecule has 0 aliphatic heterocycles. The summed E-state index contributed by atoms with van der Waals surface area (Å²) in [6, 6.07) is 0. The van der Waals surface area contributed by atoms with Crippen molar-refractivity contribution in [2.24, 2.45) is 0 Å². The van der Waals surface area contributed by atoms with Crippen LogP contribution in [-0.2, 0) is 9.59 Å². The van der Waals surface area contributed by atoms with Gasteiger partial charge in [-0.15, -0.1) is 0 Å². The number of carboxylic acid groups (broad SMARTS) is 1. The van der Waals surface area contributed by atoms with Crippen LogP contribution in [0.3, 0.4) is 0 Å². The average molecular weight is 316 g/mol. The van der Waals surface area contributed by atoms with Crippen molar-refractivity contribution in [2.45, 2.75) is 51.9 Å². The molecule has 0 aromatic heterocycles. The summed E-state index contributed by atoms with van der Waals surface area (Å²) in [5, 5.41) is 8.49. The minimum atomic E-state index is -0.738. The first kappa shape index (κ1) is 20.8. The van der Waals surface area contributed by atoms with E-state index in [2.05, 4.69) is 12.2 Å². The Morgan fingerprint density at radius 1 is 0.870 bits per heavy atom. The minimum absolute atomic E-state index is 0.114. The molecule has 0 unspecified atom stereocenters. The summed E-state index contributed by atoms with van der Waals surface area (Å²) in [7, 11) is 0. The van der Waals surface area contributed by atoms with Crippen LogP contribution in [-0.4, -0.2) is 16.9 Å². The number of carbonyl (C=O) groups is 2. The van der Waals surface area contributed by atoms with Crippen LogP contribution >= 0.6 is 0 Å². The Morgan fingerprint density at radius 2 is 1.57 bits per heavy atom. The van der Waals surface area contributed by atoms with Crippen molar-refractivity contribution in [3.8, 4) is 0 Å². The van der Waals surface area contributed by atoms with Gasteiger partial charge in [0, 0.05) is 12.8 Å². The van der Waals surface area contributed by atoms with Crippen molar-refractivity contribution in [3.63, 3.8) is 0 Å². The molecule has 0 rings (SSSR count). The summed E-state index contributed by atoms with van der Waals surface area (Å²) in [5.41, 5.74) is 0. The molecule has 0 amide bonds. The highest BCUT2D eigenvalue weighted by Gasteiger charge is 1.92. The summed E-state index contributed by atoms with van der Waals surface area (Å²) in [6.45, 7) is 2.04. The highest BCUT2D eigenvalue weighted by atomic mass is 16.4. The predicted octanol–water partition coefficient (Wildman–Crippen LogP) is 5.17. The summed E-state index contributed by atoms with van der Waals surface area (Å²) >= 11 is 0. The quantitative estimate of drug-likeness (QED) is 0.221. The third-order valence-electron chi connectivity index (χ3n) is 2.89. The first-order valence-electron chi connectivity index (χ1n) is 8.19. The Kier molecular flexibility index (Phi) is 14.7. The van der Waals surface area contributed by atoms with Crippen LogP contribution < -0.4 is 0 Å². The molecule has 0 spiro atoms. The van der Waals surface area contributed by atoms with E-state index in [1.807, 2.05) is 43.4 Å². The third kappa shape index (κ3) is 17.8. The van der Waals surface area contributed by atoms with E-state index in [9.17, 15) is 9.59 Å². The molecule has 0 saturated heterocycles. The Labute approximate surface area is 139 Å². The Bertz CT molecular complexity index is 465. The molecule has 1 N–H and O–H groups in total. The summed E-state index contributed by atoms with van der Waals surface area (Å²) < 4.78 is 0. The molecule has 126 valence electrons. The van der Waals surface area contributed by atoms with Crippen LogP contribution in [0.5, 0.6) is 0 Å². The lowest BCUT2D eigenvalue weighted by molar-refractivity contribution is -0.137. The number of hydrogen-bond acceptors (Lipinski definition) is 2. The van der Waals surface area contributed by atoms with Gasteiger partial charge in [0.05, 0.1) is 0 Å². The van der Waals surface area contributed by atoms with Crippen LogP contribution in [0.1, 0.15) is 51.9 Å². The maximum absolute atomic E-state index is 11.4. The lowest BCUT2D eigenvalue weighted by Crippen LogP contribution is -1.92. The maximum Gasteiger partial charge on any atom is 0.303 e. The van der Waals surface area contributed by atoms with Crippen LogP contribution in [0.2, 0.25) is 0 Å². The van der Waals surface area contributed by atoms with Gasteiger partial charge in [-0.1, -0.05) is 61.6 Å². The van der Waals surface area contributed by atoms with Gasteiger partial charge in [-0.3, -0.25) is 9.59 Å². The van der Waals surface area contributed by atoms with Crippen LogP contribution in [0.25, 0.3) is 0 Å². The van der Waals surface area contributed by atoms with E-state index < -0.39 is 5.97 Å². The zero-order chi connectivity index (χ0) is 17.2. The van der Waals surface area contributed by atoms with Gasteiger partial charge in [-0.2, -0.15) is 0 Å². The number of unbranched alkanes of at least 4 members (excludes halogenated alkanes) is 1. The summed E-state index contributed by atoms with van der Waals surface area (Å²) in [6.07, 6.45) is 24.2. The second-order valence-electron chi connectivity index (χ2n) is 5.04. The maximum atomic E-state index is 11.4. The molecule has 0 aliphatic carbocycles. The zero-order valence-corrected chi connectivity index (χ0v) is 14.0. The molecular formula is C20H28O3. The molecule has 0 aromatic rings. The predicted molar refractivity (Wildman–Crippen MR) is 96.3 cm³/mol. The second kappa shape index (κ2) is 16.2. The van der Waals surface area contributed by atoms with Gasteiger partial charge in [0.15, 0.2) is 5.78 Å². The van der Waals surface area contributed by atoms with Gasteiger partial charge < -0.3 is 5.11 Å². The van der Waals surface area contributed by atoms with Crippen LogP contribution in [0, 0.1) is 0 Å². The molecule has 0 saturated carbocycles. The SMILES string of the molecule is CCC=CCC(=O)C=CC=CCC=CCC=CCCCC(=O)O. The van der Waals surface area contributed by atoms with E-state index in [0.717, 1.165) is 25.7 Å². The fraction of sp³-hybridized carbons (Fsp3) is 0.400. The lowest BCUT2D eigenvalue weighted by atomic mass is 10.2. The number of carbonyl (C=O) groups excluding carboxylic acids is 1. The molecule has 0 aliphatic rings. The highest BCUT2D eigenvalue weighted by Crippen LogP contribution is 1.98. The topological polar surface area (TPSA) is 54.4 Å².